The number of aromatic carboxylic acids is 1. The van der Waals surface area contributed by atoms with E-state index in [9.17, 15) is 47.4 Å². The van der Waals surface area contributed by atoms with Crippen molar-refractivity contribution < 1.29 is 47.4 Å². The molecule has 0 radical (unpaired) electrons. The van der Waals surface area contributed by atoms with Crippen LogP contribution in [0.2, 0.25) is 0 Å². The van der Waals surface area contributed by atoms with Gasteiger partial charge in [0.1, 0.15) is 53.1 Å². The number of nitrogen functional groups attached to an aromatic ring is 1. The van der Waals surface area contributed by atoms with Crippen LogP contribution in [0.25, 0.3) is 33.8 Å². The first-order valence-electron chi connectivity index (χ1n) is 25.7. The van der Waals surface area contributed by atoms with E-state index in [0.717, 1.165) is 37.4 Å². The largest absolute Gasteiger partial charge is 0.478 e. The minimum absolute atomic E-state index is 0. The van der Waals surface area contributed by atoms with Gasteiger partial charge in [-0.1, -0.05) is 48.5 Å². The first kappa shape index (κ1) is 72.5. The number of pyridine rings is 4. The van der Waals surface area contributed by atoms with E-state index in [1.54, 1.807) is 72.1 Å². The molecule has 0 atom stereocenters. The van der Waals surface area contributed by atoms with Crippen molar-refractivity contribution >= 4 is 157 Å². The Labute approximate surface area is 553 Å². The Morgan fingerprint density at radius 1 is 0.517 bits per heavy atom. The molecule has 87 heavy (non-hydrogen) atoms. The summed E-state index contributed by atoms with van der Waals surface area (Å²) < 4.78 is 28.6. The number of benzene rings is 2. The molecule has 0 bridgehead atoms. The number of ketones is 6. The van der Waals surface area contributed by atoms with Gasteiger partial charge in [0.05, 0.1) is 45.7 Å². The molecule has 9 rings (SSSR count). The summed E-state index contributed by atoms with van der Waals surface area (Å²) in [7, 11) is 0. The number of rotatable bonds is 18. The highest BCUT2D eigenvalue weighted by Crippen LogP contribution is 2.35. The Balaban J connectivity index is 0.000000252. The summed E-state index contributed by atoms with van der Waals surface area (Å²) in [5.41, 5.74) is 13.4. The van der Waals surface area contributed by atoms with Gasteiger partial charge in [0.15, 0.2) is 17.3 Å². The molecule has 0 unspecified atom stereocenters. The lowest BCUT2D eigenvalue weighted by atomic mass is 10.00. The van der Waals surface area contributed by atoms with Gasteiger partial charge in [-0.3, -0.25) is 28.8 Å². The standard InChI is InChI=1S/C21H17BrFNO2S.C20H15BrFNO3S.C11H9BrN2OS.C7H6BrNO.C4H5NO.H2S/c1-13(25)21-17(18-3-2-4-20(22)24-18)12-27-19(21)11-16(26)10-7-14-5-8-15(23)9-6-14;21-18-3-1-2-16(23-18)15-11-27-17(19(15)20(25)26)10-14(24)9-6-12-4-7-13(22)8-5-12;1-6(15)10-7(5-16-11(10)13)8-3-2-4-9(12)14-8;1-5(10)6-3-2-4-7(8)9-6;1-4(6)2-3-5;/h2-6,8-9,12H,7,10-11H2,1H3;1-5,7-8,11H,6,9-10H2,(H,25,26);2-5H,13H2,1H3;2-4H,1H3;2H2,1H3;1H2. The van der Waals surface area contributed by atoms with Crippen LogP contribution in [-0.2, 0) is 40.1 Å². The quantitative estimate of drug-likeness (QED) is 0.0600. The number of carbonyl (C=O) groups is 7. The highest BCUT2D eigenvalue weighted by atomic mass is 79.9. The van der Waals surface area contributed by atoms with Gasteiger partial charge in [-0.15, -0.1) is 34.0 Å². The summed E-state index contributed by atoms with van der Waals surface area (Å²) in [5, 5.41) is 23.4. The number of aromatic nitrogens is 4. The van der Waals surface area contributed by atoms with Crippen LogP contribution in [0.4, 0.5) is 13.8 Å². The molecule has 450 valence electrons. The molecule has 3 N–H and O–H groups in total. The number of nitrogens with two attached hydrogens (primary N) is 1. The zero-order valence-electron chi connectivity index (χ0n) is 46.8. The number of carbonyl (C=O) groups excluding carboxylic acids is 6. The van der Waals surface area contributed by atoms with Crippen molar-refractivity contribution in [1.82, 2.24) is 19.9 Å². The molecule has 0 spiro atoms. The second-order valence-corrected chi connectivity index (χ2v) is 24.4. The Kier molecular flexibility index (Phi) is 30.3. The Bertz CT molecular complexity index is 3770. The number of nitriles is 1. The maximum atomic E-state index is 13.0. The monoisotopic (exact) mass is 1500 g/mol. The Hall–Kier alpha value is -6.95. The maximum absolute atomic E-state index is 13.0. The lowest BCUT2D eigenvalue weighted by Gasteiger charge is -2.05. The molecule has 14 nitrogen and oxygen atoms in total. The molecule has 0 fully saturated rings. The summed E-state index contributed by atoms with van der Waals surface area (Å²) >= 11 is 17.1. The molecule has 0 saturated carbocycles. The van der Waals surface area contributed by atoms with Crippen molar-refractivity contribution in [2.75, 3.05) is 5.73 Å². The van der Waals surface area contributed by atoms with Crippen molar-refractivity contribution in [3.8, 4) is 39.8 Å². The van der Waals surface area contributed by atoms with E-state index in [4.69, 9.17) is 11.0 Å². The topological polar surface area (TPSA) is 241 Å². The molecule has 2 aromatic carbocycles. The van der Waals surface area contributed by atoms with Crippen LogP contribution in [0.1, 0.15) is 109 Å². The van der Waals surface area contributed by atoms with E-state index in [1.807, 2.05) is 47.2 Å². The SMILES string of the molecule is CC(=O)CC#N.CC(=O)c1c(-c2cccc(Br)n2)csc1CC(=O)CCc1ccc(F)cc1.CC(=O)c1c(-c2cccc(Br)n2)csc1N.CC(=O)c1cccc(Br)n1.O=C(CCc1ccc(F)cc1)Cc1scc(-c2cccc(Br)n2)c1C(=O)O.S. The van der Waals surface area contributed by atoms with E-state index in [1.165, 1.54) is 86.0 Å². The maximum Gasteiger partial charge on any atom is 0.337 e. The van der Waals surface area contributed by atoms with Crippen LogP contribution in [0, 0.1) is 23.0 Å². The number of halogens is 6. The molecule has 0 aliphatic carbocycles. The zero-order chi connectivity index (χ0) is 63.0. The van der Waals surface area contributed by atoms with E-state index in [-0.39, 0.29) is 91.1 Å². The predicted octanol–water partition coefficient (Wildman–Crippen LogP) is 16.8. The zero-order valence-corrected chi connectivity index (χ0v) is 56.6. The van der Waals surface area contributed by atoms with Gasteiger partial charge in [0.25, 0.3) is 0 Å². The third-order valence-corrected chi connectivity index (χ3v) is 16.3. The lowest BCUT2D eigenvalue weighted by molar-refractivity contribution is -0.119. The van der Waals surface area contributed by atoms with E-state index in [0.29, 0.717) is 76.7 Å². The first-order valence-corrected chi connectivity index (χ1v) is 31.5. The van der Waals surface area contributed by atoms with Gasteiger partial charge in [-0.2, -0.15) is 18.8 Å². The second kappa shape index (κ2) is 36.4. The van der Waals surface area contributed by atoms with Crippen LogP contribution in [0.15, 0.2) is 156 Å². The highest BCUT2D eigenvalue weighted by Gasteiger charge is 2.23. The minimum atomic E-state index is -1.07. The predicted molar refractivity (Wildman–Crippen MR) is 357 cm³/mol. The fourth-order valence-corrected chi connectivity index (χ4v) is 12.2. The summed E-state index contributed by atoms with van der Waals surface area (Å²) in [6.07, 6.45) is 1.99. The summed E-state index contributed by atoms with van der Waals surface area (Å²) in [6, 6.07) is 35.5. The molecule has 0 saturated heterocycles. The molecule has 24 heteroatoms. The smallest absolute Gasteiger partial charge is 0.337 e. The van der Waals surface area contributed by atoms with Gasteiger partial charge in [-0.25, -0.2) is 33.5 Å². The van der Waals surface area contributed by atoms with Gasteiger partial charge in [0.2, 0.25) is 0 Å². The van der Waals surface area contributed by atoms with Crippen molar-refractivity contribution in [2.24, 2.45) is 0 Å². The van der Waals surface area contributed by atoms with E-state index >= 15 is 0 Å². The molecule has 0 aliphatic rings. The van der Waals surface area contributed by atoms with Crippen LogP contribution in [0.5, 0.6) is 0 Å². The van der Waals surface area contributed by atoms with Crippen LogP contribution in [0.3, 0.4) is 0 Å². The highest BCUT2D eigenvalue weighted by molar-refractivity contribution is 9.11. The number of Topliss-reactive ketones (excluding diaryl/α,β-unsaturated/α-hetero) is 6. The number of nitrogens with zero attached hydrogens (tertiary/aromatic N) is 5. The number of hydrogen-bond donors (Lipinski definition) is 2. The number of carboxylic acids is 1. The number of carboxylic acid groups (broad SMARTS) is 1. The van der Waals surface area contributed by atoms with Crippen molar-refractivity contribution in [3.63, 3.8) is 0 Å². The van der Waals surface area contributed by atoms with Crippen molar-refractivity contribution in [2.45, 2.75) is 72.6 Å². The molecule has 7 aromatic heterocycles. The van der Waals surface area contributed by atoms with Crippen molar-refractivity contribution in [3.05, 3.63) is 211 Å². The Morgan fingerprint density at radius 3 is 1.22 bits per heavy atom. The third kappa shape index (κ3) is 23.6. The van der Waals surface area contributed by atoms with Crippen LogP contribution < -0.4 is 5.73 Å². The molecule has 0 amide bonds. The number of hydrogen-bond acceptors (Lipinski definition) is 16. The minimum Gasteiger partial charge on any atom is -0.478 e. The van der Waals surface area contributed by atoms with Gasteiger partial charge >= 0.3 is 5.97 Å². The van der Waals surface area contributed by atoms with Gasteiger partial charge in [0, 0.05) is 80.8 Å². The summed E-state index contributed by atoms with van der Waals surface area (Å²) in [5.74, 6) is -1.88. The average molecular weight is 1510 g/mol. The van der Waals surface area contributed by atoms with Crippen LogP contribution in [-0.4, -0.2) is 65.7 Å². The molecular formula is C63H54Br4F2N6O8S4. The molecular weight excluding hydrogens is 1450 g/mol. The van der Waals surface area contributed by atoms with Gasteiger partial charge in [-0.05, 0) is 181 Å². The molecule has 7 heterocycles. The average Bonchev–Trinajstić information content (AvgIpc) is 2.21. The first-order chi connectivity index (χ1) is 40.9. The Morgan fingerprint density at radius 2 is 0.885 bits per heavy atom. The number of thiophene rings is 3. The molecule has 0 aliphatic heterocycles. The summed E-state index contributed by atoms with van der Waals surface area (Å²) in [4.78, 5) is 99.1. The van der Waals surface area contributed by atoms with Crippen LogP contribution >= 0.6 is 111 Å². The van der Waals surface area contributed by atoms with Gasteiger partial charge < -0.3 is 10.8 Å². The fraction of sp³-hybridized carbons (Fsp3) is 0.175. The second-order valence-electron chi connectivity index (χ2n) is 18.4. The number of aryl methyl sites for hydroxylation is 2. The summed E-state index contributed by atoms with van der Waals surface area (Å²) in [6.45, 7) is 5.91. The molecule has 9 aromatic rings. The number of anilines is 1. The third-order valence-electron chi connectivity index (χ3n) is 11.8. The lowest BCUT2D eigenvalue weighted by Crippen LogP contribution is -2.08. The normalized spacial score (nSPS) is 10.1. The van der Waals surface area contributed by atoms with E-state index < -0.39 is 5.97 Å². The van der Waals surface area contributed by atoms with E-state index in [2.05, 4.69) is 83.7 Å². The fourth-order valence-electron chi connectivity index (χ4n) is 7.77. The van der Waals surface area contributed by atoms with Crippen molar-refractivity contribution in [1.29, 1.82) is 5.26 Å².